The summed E-state index contributed by atoms with van der Waals surface area (Å²) in [5, 5.41) is 8.89. The molecule has 2 N–H and O–H groups in total. The number of nitrogens with two attached hydrogens (primary N) is 1. The maximum atomic E-state index is 11.1. The lowest BCUT2D eigenvalue weighted by Gasteiger charge is -2.35. The van der Waals surface area contributed by atoms with Crippen LogP contribution in [-0.2, 0) is 9.53 Å². The van der Waals surface area contributed by atoms with Crippen LogP contribution in [0.1, 0.15) is 13.3 Å². The van der Waals surface area contributed by atoms with Crippen LogP contribution in [0.5, 0.6) is 0 Å². The van der Waals surface area contributed by atoms with Crippen LogP contribution in [0.15, 0.2) is 0 Å². The quantitative estimate of drug-likeness (QED) is 0.660. The van der Waals surface area contributed by atoms with Gasteiger partial charge in [-0.2, -0.15) is 5.26 Å². The summed E-state index contributed by atoms with van der Waals surface area (Å²) in [5.74, 6) is -0.418. The predicted molar refractivity (Wildman–Crippen MR) is 50.2 cm³/mol. The van der Waals surface area contributed by atoms with E-state index in [1.54, 1.807) is 0 Å². The SMILES string of the molecule is CCC(C#N)N1CCOCC1C(N)=O. The first kappa shape index (κ1) is 11.0. The van der Waals surface area contributed by atoms with Gasteiger partial charge in [0, 0.05) is 6.54 Å². The van der Waals surface area contributed by atoms with Gasteiger partial charge < -0.3 is 10.5 Å². The number of ether oxygens (including phenoxy) is 1. The van der Waals surface area contributed by atoms with E-state index >= 15 is 0 Å². The topological polar surface area (TPSA) is 79.3 Å². The molecule has 5 heteroatoms. The summed E-state index contributed by atoms with van der Waals surface area (Å²) in [5.41, 5.74) is 5.23. The number of amides is 1. The van der Waals surface area contributed by atoms with E-state index in [4.69, 9.17) is 15.7 Å². The Morgan fingerprint density at radius 1 is 1.86 bits per heavy atom. The van der Waals surface area contributed by atoms with Gasteiger partial charge in [-0.1, -0.05) is 6.92 Å². The van der Waals surface area contributed by atoms with E-state index in [0.717, 1.165) is 0 Å². The van der Waals surface area contributed by atoms with Gasteiger partial charge in [0.1, 0.15) is 6.04 Å². The largest absolute Gasteiger partial charge is 0.378 e. The zero-order chi connectivity index (χ0) is 10.6. The summed E-state index contributed by atoms with van der Waals surface area (Å²) >= 11 is 0. The summed E-state index contributed by atoms with van der Waals surface area (Å²) < 4.78 is 5.16. The van der Waals surface area contributed by atoms with E-state index in [1.165, 1.54) is 0 Å². The van der Waals surface area contributed by atoms with Crippen LogP contribution in [-0.4, -0.2) is 42.6 Å². The molecule has 0 aromatic heterocycles. The normalized spacial score (nSPS) is 25.3. The standard InChI is InChI=1S/C9H15N3O2/c1-2-7(5-10)12-3-4-14-6-8(12)9(11)13/h7-8H,2-4,6H2,1H3,(H2,11,13). The van der Waals surface area contributed by atoms with Gasteiger partial charge in [0.2, 0.25) is 5.91 Å². The third-order valence-electron chi connectivity index (χ3n) is 2.43. The second-order valence-electron chi connectivity index (χ2n) is 3.28. The molecule has 1 fully saturated rings. The monoisotopic (exact) mass is 197 g/mol. The number of nitrogens with zero attached hydrogens (tertiary/aromatic N) is 2. The smallest absolute Gasteiger partial charge is 0.237 e. The van der Waals surface area contributed by atoms with Gasteiger partial charge in [0.05, 0.1) is 25.3 Å². The molecule has 1 heterocycles. The van der Waals surface area contributed by atoms with Crippen molar-refractivity contribution < 1.29 is 9.53 Å². The van der Waals surface area contributed by atoms with Crippen molar-refractivity contribution in [2.45, 2.75) is 25.4 Å². The predicted octanol–water partition coefficient (Wildman–Crippen LogP) is -0.525. The van der Waals surface area contributed by atoms with E-state index in [2.05, 4.69) is 6.07 Å². The molecule has 2 atom stereocenters. The minimum Gasteiger partial charge on any atom is -0.378 e. The highest BCUT2D eigenvalue weighted by Gasteiger charge is 2.32. The lowest BCUT2D eigenvalue weighted by molar-refractivity contribution is -0.130. The van der Waals surface area contributed by atoms with E-state index in [9.17, 15) is 4.79 Å². The highest BCUT2D eigenvalue weighted by Crippen LogP contribution is 2.12. The minimum atomic E-state index is -0.451. The summed E-state index contributed by atoms with van der Waals surface area (Å²) in [6, 6.07) is 1.48. The number of primary amides is 1. The minimum absolute atomic E-state index is 0.239. The highest BCUT2D eigenvalue weighted by atomic mass is 16.5. The molecule has 2 unspecified atom stereocenters. The van der Waals surface area contributed by atoms with Gasteiger partial charge in [0.25, 0.3) is 0 Å². The highest BCUT2D eigenvalue weighted by molar-refractivity contribution is 5.80. The molecular weight excluding hydrogens is 182 g/mol. The average Bonchev–Trinajstić information content (AvgIpc) is 2.20. The molecule has 1 saturated heterocycles. The van der Waals surface area contributed by atoms with Crippen LogP contribution >= 0.6 is 0 Å². The molecule has 0 aromatic carbocycles. The molecule has 0 bridgehead atoms. The van der Waals surface area contributed by atoms with Crippen LogP contribution in [0.3, 0.4) is 0 Å². The molecule has 0 aliphatic carbocycles. The lowest BCUT2D eigenvalue weighted by Crippen LogP contribution is -2.55. The van der Waals surface area contributed by atoms with Gasteiger partial charge in [0.15, 0.2) is 0 Å². The lowest BCUT2D eigenvalue weighted by atomic mass is 10.1. The number of hydrogen-bond acceptors (Lipinski definition) is 4. The fourth-order valence-corrected chi connectivity index (χ4v) is 1.64. The molecule has 0 aromatic rings. The molecule has 1 amide bonds. The van der Waals surface area contributed by atoms with Crippen molar-refractivity contribution in [3.8, 4) is 6.07 Å². The van der Waals surface area contributed by atoms with Crippen molar-refractivity contribution in [3.05, 3.63) is 0 Å². The van der Waals surface area contributed by atoms with E-state index in [1.807, 2.05) is 11.8 Å². The average molecular weight is 197 g/mol. The molecule has 14 heavy (non-hydrogen) atoms. The van der Waals surface area contributed by atoms with Crippen molar-refractivity contribution >= 4 is 5.91 Å². The summed E-state index contributed by atoms with van der Waals surface area (Å²) in [7, 11) is 0. The maximum Gasteiger partial charge on any atom is 0.237 e. The Morgan fingerprint density at radius 3 is 3.07 bits per heavy atom. The van der Waals surface area contributed by atoms with Crippen LogP contribution in [0.25, 0.3) is 0 Å². The van der Waals surface area contributed by atoms with Gasteiger partial charge >= 0.3 is 0 Å². The molecule has 0 saturated carbocycles. The Hall–Kier alpha value is -1.12. The van der Waals surface area contributed by atoms with E-state index in [0.29, 0.717) is 26.2 Å². The van der Waals surface area contributed by atoms with Crippen molar-refractivity contribution in [2.24, 2.45) is 5.73 Å². The summed E-state index contributed by atoms with van der Waals surface area (Å²) in [4.78, 5) is 12.9. The number of hydrogen-bond donors (Lipinski definition) is 1. The van der Waals surface area contributed by atoms with Crippen molar-refractivity contribution in [1.82, 2.24) is 4.90 Å². The van der Waals surface area contributed by atoms with Gasteiger partial charge in [-0.3, -0.25) is 9.69 Å². The number of carbonyl (C=O) groups is 1. The Morgan fingerprint density at radius 2 is 2.57 bits per heavy atom. The molecule has 1 rings (SSSR count). The Bertz CT molecular complexity index is 249. The van der Waals surface area contributed by atoms with Crippen LogP contribution in [0, 0.1) is 11.3 Å². The molecular formula is C9H15N3O2. The van der Waals surface area contributed by atoms with E-state index < -0.39 is 11.9 Å². The number of morpholine rings is 1. The fourth-order valence-electron chi connectivity index (χ4n) is 1.64. The fraction of sp³-hybridized carbons (Fsp3) is 0.778. The Balaban J connectivity index is 2.72. The van der Waals surface area contributed by atoms with Gasteiger partial charge in [-0.15, -0.1) is 0 Å². The zero-order valence-corrected chi connectivity index (χ0v) is 8.27. The molecule has 78 valence electrons. The first-order chi connectivity index (χ1) is 6.70. The maximum absolute atomic E-state index is 11.1. The first-order valence-corrected chi connectivity index (χ1v) is 4.73. The number of carbonyl (C=O) groups excluding carboxylic acids is 1. The first-order valence-electron chi connectivity index (χ1n) is 4.73. The zero-order valence-electron chi connectivity index (χ0n) is 8.27. The van der Waals surface area contributed by atoms with Crippen molar-refractivity contribution in [3.63, 3.8) is 0 Å². The Kier molecular flexibility index (Phi) is 3.86. The Labute approximate surface area is 83.4 Å². The molecule has 5 nitrogen and oxygen atoms in total. The van der Waals surface area contributed by atoms with E-state index in [-0.39, 0.29) is 6.04 Å². The summed E-state index contributed by atoms with van der Waals surface area (Å²) in [6.45, 7) is 3.37. The van der Waals surface area contributed by atoms with Crippen molar-refractivity contribution in [1.29, 1.82) is 5.26 Å². The third-order valence-corrected chi connectivity index (χ3v) is 2.43. The van der Waals surface area contributed by atoms with Gasteiger partial charge in [-0.25, -0.2) is 0 Å². The van der Waals surface area contributed by atoms with Gasteiger partial charge in [-0.05, 0) is 6.42 Å². The van der Waals surface area contributed by atoms with Crippen LogP contribution < -0.4 is 5.73 Å². The van der Waals surface area contributed by atoms with Crippen LogP contribution in [0.4, 0.5) is 0 Å². The number of rotatable bonds is 3. The van der Waals surface area contributed by atoms with Crippen LogP contribution in [0.2, 0.25) is 0 Å². The molecule has 0 spiro atoms. The third kappa shape index (κ3) is 2.22. The second-order valence-corrected chi connectivity index (χ2v) is 3.28. The molecule has 1 aliphatic heterocycles. The summed E-state index contributed by atoms with van der Waals surface area (Å²) in [6.07, 6.45) is 0.695. The molecule has 0 radical (unpaired) electrons. The number of nitriles is 1. The second kappa shape index (κ2) is 4.94. The molecule has 1 aliphatic rings. The van der Waals surface area contributed by atoms with Crippen molar-refractivity contribution in [2.75, 3.05) is 19.8 Å².